The number of amides is 3. The average Bonchev–Trinajstić information content (AvgIpc) is 2.44. The Balaban J connectivity index is 1.64. The second-order valence-electron chi connectivity index (χ2n) is 6.92. The van der Waals surface area contributed by atoms with Crippen LogP contribution >= 0.6 is 0 Å². The zero-order chi connectivity index (χ0) is 17.5. The molecule has 3 amide bonds. The molecule has 2 N–H and O–H groups in total. The summed E-state index contributed by atoms with van der Waals surface area (Å²) in [7, 11) is 0. The van der Waals surface area contributed by atoms with E-state index in [4.69, 9.17) is 0 Å². The molecule has 24 heavy (non-hydrogen) atoms. The average molecular weight is 336 g/mol. The molecule has 2 fully saturated rings. The minimum Gasteiger partial charge on any atom is -0.326 e. The highest BCUT2D eigenvalue weighted by Crippen LogP contribution is 2.52. The van der Waals surface area contributed by atoms with Crippen LogP contribution in [0.15, 0.2) is 24.3 Å². The monoisotopic (exact) mass is 336 g/mol. The van der Waals surface area contributed by atoms with Crippen LogP contribution in [0.3, 0.4) is 0 Å². The number of carbonyl (C=O) groups excluding carboxylic acids is 3. The molecule has 0 radical (unpaired) electrons. The normalized spacial score (nSPS) is 22.5. The van der Waals surface area contributed by atoms with Gasteiger partial charge in [0, 0.05) is 37.3 Å². The van der Waals surface area contributed by atoms with Gasteiger partial charge in [-0.1, -0.05) is 19.1 Å². The van der Waals surface area contributed by atoms with Crippen molar-refractivity contribution in [2.24, 2.45) is 5.41 Å². The molecular formula is C17H18F2N2O3. The van der Waals surface area contributed by atoms with Gasteiger partial charge in [0.2, 0.25) is 23.6 Å². The van der Waals surface area contributed by atoms with Gasteiger partial charge < -0.3 is 5.32 Å². The number of piperidine rings is 1. The highest BCUT2D eigenvalue weighted by Gasteiger charge is 2.57. The second kappa shape index (κ2) is 5.65. The van der Waals surface area contributed by atoms with E-state index in [1.165, 1.54) is 6.92 Å². The van der Waals surface area contributed by atoms with Gasteiger partial charge in [0.25, 0.3) is 0 Å². The van der Waals surface area contributed by atoms with E-state index < -0.39 is 30.1 Å². The summed E-state index contributed by atoms with van der Waals surface area (Å²) in [5, 5.41) is 4.91. The number of imide groups is 1. The number of hydrogen-bond acceptors (Lipinski definition) is 3. The summed E-state index contributed by atoms with van der Waals surface area (Å²) in [5.41, 5.74) is 0.292. The lowest BCUT2D eigenvalue weighted by atomic mass is 9.67. The van der Waals surface area contributed by atoms with E-state index in [1.807, 2.05) is 0 Å². The van der Waals surface area contributed by atoms with Crippen molar-refractivity contribution in [2.75, 3.05) is 5.32 Å². The third-order valence-electron chi connectivity index (χ3n) is 4.63. The van der Waals surface area contributed by atoms with Crippen LogP contribution in [0.2, 0.25) is 0 Å². The van der Waals surface area contributed by atoms with Gasteiger partial charge in [-0.25, -0.2) is 8.78 Å². The van der Waals surface area contributed by atoms with E-state index in [0.717, 1.165) is 5.56 Å². The largest absolute Gasteiger partial charge is 0.326 e. The lowest BCUT2D eigenvalue weighted by Crippen LogP contribution is -2.51. The minimum atomic E-state index is -2.76. The van der Waals surface area contributed by atoms with Crippen molar-refractivity contribution in [3.8, 4) is 0 Å². The maximum atomic E-state index is 13.0. The fourth-order valence-corrected chi connectivity index (χ4v) is 3.38. The molecule has 0 unspecified atom stereocenters. The fraction of sp³-hybridized carbons (Fsp3) is 0.471. The van der Waals surface area contributed by atoms with Crippen LogP contribution in [0.25, 0.3) is 0 Å². The van der Waals surface area contributed by atoms with Crippen LogP contribution in [0.5, 0.6) is 0 Å². The van der Waals surface area contributed by atoms with Gasteiger partial charge >= 0.3 is 0 Å². The van der Waals surface area contributed by atoms with Crippen molar-refractivity contribution < 1.29 is 23.2 Å². The Morgan fingerprint density at radius 2 is 1.67 bits per heavy atom. The molecule has 0 atom stereocenters. The summed E-state index contributed by atoms with van der Waals surface area (Å²) in [4.78, 5) is 35.0. The molecule has 1 saturated heterocycles. The predicted octanol–water partition coefficient (Wildman–Crippen LogP) is 2.58. The first-order valence-corrected chi connectivity index (χ1v) is 7.79. The number of benzene rings is 1. The third kappa shape index (κ3) is 3.29. The summed E-state index contributed by atoms with van der Waals surface area (Å²) in [6.45, 7) is 1.53. The molecule has 0 spiro atoms. The standard InChI is InChI=1S/C17H18F2N2O3/c1-16(8-17(18,19)9-16)15(24)20-12-4-2-10(3-5-12)11-6-13(22)21-14(23)7-11/h2-5,11H,6-9H2,1H3,(H,20,24)(H,21,22,23). The molecule has 1 aliphatic heterocycles. The van der Waals surface area contributed by atoms with Crippen molar-refractivity contribution in [1.29, 1.82) is 0 Å². The van der Waals surface area contributed by atoms with Gasteiger partial charge in [-0.3, -0.25) is 19.7 Å². The Hall–Kier alpha value is -2.31. The molecular weight excluding hydrogens is 318 g/mol. The van der Waals surface area contributed by atoms with E-state index in [2.05, 4.69) is 10.6 Å². The zero-order valence-corrected chi connectivity index (χ0v) is 13.2. The van der Waals surface area contributed by atoms with Crippen LogP contribution in [0.4, 0.5) is 14.5 Å². The van der Waals surface area contributed by atoms with Crippen LogP contribution in [0, 0.1) is 5.41 Å². The fourth-order valence-electron chi connectivity index (χ4n) is 3.38. The smallest absolute Gasteiger partial charge is 0.250 e. The van der Waals surface area contributed by atoms with Gasteiger partial charge in [-0.15, -0.1) is 0 Å². The van der Waals surface area contributed by atoms with Crippen molar-refractivity contribution in [3.05, 3.63) is 29.8 Å². The van der Waals surface area contributed by atoms with E-state index in [0.29, 0.717) is 5.69 Å². The zero-order valence-electron chi connectivity index (χ0n) is 13.2. The molecule has 1 aliphatic carbocycles. The molecule has 1 aromatic carbocycles. The minimum absolute atomic E-state index is 0.182. The van der Waals surface area contributed by atoms with E-state index in [1.54, 1.807) is 24.3 Å². The first kappa shape index (κ1) is 16.5. The molecule has 0 bridgehead atoms. The highest BCUT2D eigenvalue weighted by atomic mass is 19.3. The molecule has 1 aromatic rings. The Labute approximate surface area is 137 Å². The number of hydrogen-bond donors (Lipinski definition) is 2. The van der Waals surface area contributed by atoms with Gasteiger partial charge in [0.05, 0.1) is 5.41 Å². The Morgan fingerprint density at radius 1 is 1.12 bits per heavy atom. The number of anilines is 1. The SMILES string of the molecule is CC1(C(=O)Nc2ccc(C3CC(=O)NC(=O)C3)cc2)CC(F)(F)C1. The van der Waals surface area contributed by atoms with Gasteiger partial charge in [-0.05, 0) is 17.7 Å². The van der Waals surface area contributed by atoms with Crippen molar-refractivity contribution >= 4 is 23.4 Å². The van der Waals surface area contributed by atoms with Crippen molar-refractivity contribution in [1.82, 2.24) is 5.32 Å². The van der Waals surface area contributed by atoms with Gasteiger partial charge in [0.15, 0.2) is 0 Å². The second-order valence-corrected chi connectivity index (χ2v) is 6.92. The van der Waals surface area contributed by atoms with Crippen LogP contribution in [-0.4, -0.2) is 23.6 Å². The molecule has 1 heterocycles. The molecule has 2 aliphatic rings. The van der Waals surface area contributed by atoms with Gasteiger partial charge in [0.1, 0.15) is 0 Å². The van der Waals surface area contributed by atoms with E-state index >= 15 is 0 Å². The van der Waals surface area contributed by atoms with Crippen molar-refractivity contribution in [3.63, 3.8) is 0 Å². The highest BCUT2D eigenvalue weighted by molar-refractivity contribution is 5.98. The van der Waals surface area contributed by atoms with Gasteiger partial charge in [-0.2, -0.15) is 0 Å². The number of nitrogens with one attached hydrogen (secondary N) is 2. The molecule has 128 valence electrons. The first-order chi connectivity index (χ1) is 11.2. The maximum Gasteiger partial charge on any atom is 0.250 e. The lowest BCUT2D eigenvalue weighted by Gasteiger charge is -2.43. The molecule has 7 heteroatoms. The summed E-state index contributed by atoms with van der Waals surface area (Å²) in [6, 6.07) is 6.79. The van der Waals surface area contributed by atoms with E-state index in [-0.39, 0.29) is 30.6 Å². The van der Waals surface area contributed by atoms with Crippen LogP contribution in [-0.2, 0) is 14.4 Å². The summed E-state index contributed by atoms with van der Waals surface area (Å²) in [5.74, 6) is -3.96. The summed E-state index contributed by atoms with van der Waals surface area (Å²) in [6.07, 6.45) is -0.401. The third-order valence-corrected chi connectivity index (χ3v) is 4.63. The first-order valence-electron chi connectivity index (χ1n) is 7.79. The molecule has 0 aromatic heterocycles. The maximum absolute atomic E-state index is 13.0. The van der Waals surface area contributed by atoms with E-state index in [9.17, 15) is 23.2 Å². The Morgan fingerprint density at radius 3 is 2.17 bits per heavy atom. The molecule has 5 nitrogen and oxygen atoms in total. The molecule has 1 saturated carbocycles. The topological polar surface area (TPSA) is 75.3 Å². The number of alkyl halides is 2. The van der Waals surface area contributed by atoms with Crippen LogP contribution < -0.4 is 10.6 Å². The Bertz CT molecular complexity index is 676. The quantitative estimate of drug-likeness (QED) is 0.833. The Kier molecular flexibility index (Phi) is 3.89. The van der Waals surface area contributed by atoms with Crippen LogP contribution in [0.1, 0.15) is 44.1 Å². The molecule has 3 rings (SSSR count). The summed E-state index contributed by atoms with van der Waals surface area (Å²) >= 11 is 0. The number of carbonyl (C=O) groups is 3. The number of halogens is 2. The number of rotatable bonds is 3. The predicted molar refractivity (Wildman–Crippen MR) is 82.5 cm³/mol. The lowest BCUT2D eigenvalue weighted by molar-refractivity contribution is -0.170. The van der Waals surface area contributed by atoms with Crippen molar-refractivity contribution in [2.45, 2.75) is 44.4 Å². The summed E-state index contributed by atoms with van der Waals surface area (Å²) < 4.78 is 26.0.